The van der Waals surface area contributed by atoms with Gasteiger partial charge in [0.1, 0.15) is 18.2 Å². The number of carbonyl (C=O) groups is 2. The highest BCUT2D eigenvalue weighted by Gasteiger charge is 2.48. The zero-order chi connectivity index (χ0) is 16.0. The number of nitrogens with one attached hydrogen (secondary N) is 1. The summed E-state index contributed by atoms with van der Waals surface area (Å²) >= 11 is 0. The summed E-state index contributed by atoms with van der Waals surface area (Å²) in [5, 5.41) is 31.5. The topological polar surface area (TPSA) is 133 Å². The molecule has 0 fully saturated rings. The number of aromatic hydroxyl groups is 1. The standard InChI is InChI=1S/C15H14N2O5/c16-6-1-3-8(19)12-10(6)14(21)11-7(17-5-18)2-4-9(20)13(11)15(12)22/h1-4,11,13,17-20H,5,16H2. The molecule has 6 N–H and O–H groups in total. The number of hydrogen-bond acceptors (Lipinski definition) is 7. The van der Waals surface area contributed by atoms with E-state index in [-0.39, 0.29) is 28.3 Å². The number of benzene rings is 1. The number of nitrogens with two attached hydrogens (primary N) is 1. The second-order valence-electron chi connectivity index (χ2n) is 5.16. The van der Waals surface area contributed by atoms with Crippen molar-refractivity contribution in [3.8, 4) is 5.75 Å². The Morgan fingerprint density at radius 2 is 1.73 bits per heavy atom. The molecule has 0 radical (unpaired) electrons. The van der Waals surface area contributed by atoms with Gasteiger partial charge in [0.2, 0.25) is 0 Å². The highest BCUT2D eigenvalue weighted by molar-refractivity contribution is 6.21. The van der Waals surface area contributed by atoms with Crippen molar-refractivity contribution < 1.29 is 24.9 Å². The average Bonchev–Trinajstić information content (AvgIpc) is 2.49. The summed E-state index contributed by atoms with van der Waals surface area (Å²) in [5.74, 6) is -3.81. The van der Waals surface area contributed by atoms with Gasteiger partial charge in [-0.25, -0.2) is 0 Å². The zero-order valence-corrected chi connectivity index (χ0v) is 11.4. The van der Waals surface area contributed by atoms with Crippen molar-refractivity contribution >= 4 is 17.3 Å². The van der Waals surface area contributed by atoms with E-state index < -0.39 is 30.1 Å². The minimum absolute atomic E-state index is 0.0495. The number of phenolic OH excluding ortho intramolecular Hbond substituents is 1. The quantitative estimate of drug-likeness (QED) is 0.304. The number of Topliss-reactive ketones (excluding diaryl/α,β-unsaturated/α-hetero) is 2. The molecule has 22 heavy (non-hydrogen) atoms. The fraction of sp³-hybridized carbons (Fsp3) is 0.200. The van der Waals surface area contributed by atoms with Crippen molar-refractivity contribution in [2.24, 2.45) is 11.8 Å². The number of aliphatic hydroxyl groups is 2. The summed E-state index contributed by atoms with van der Waals surface area (Å²) in [7, 11) is 0. The zero-order valence-electron chi connectivity index (χ0n) is 11.4. The molecular weight excluding hydrogens is 288 g/mol. The molecule has 2 aliphatic rings. The minimum Gasteiger partial charge on any atom is -0.512 e. The molecule has 0 aromatic heterocycles. The van der Waals surface area contributed by atoms with Crippen LogP contribution in [0.5, 0.6) is 5.75 Å². The van der Waals surface area contributed by atoms with Crippen LogP contribution in [0.4, 0.5) is 5.69 Å². The molecule has 0 bridgehead atoms. The smallest absolute Gasteiger partial charge is 0.179 e. The predicted octanol–water partition coefficient (Wildman–Crippen LogP) is 0.465. The van der Waals surface area contributed by atoms with Crippen molar-refractivity contribution in [3.05, 3.63) is 46.9 Å². The Balaban J connectivity index is 2.24. The van der Waals surface area contributed by atoms with Gasteiger partial charge in [0.25, 0.3) is 0 Å². The SMILES string of the molecule is Nc1ccc(O)c2c1C(=O)C1C(NCO)=CC=C(O)C1C2=O. The Morgan fingerprint density at radius 3 is 2.41 bits per heavy atom. The number of ketones is 2. The maximum absolute atomic E-state index is 12.8. The van der Waals surface area contributed by atoms with E-state index >= 15 is 0 Å². The summed E-state index contributed by atoms with van der Waals surface area (Å²) in [6.45, 7) is -0.423. The van der Waals surface area contributed by atoms with Gasteiger partial charge in [0.15, 0.2) is 11.6 Å². The Labute approximate surface area is 125 Å². The van der Waals surface area contributed by atoms with Crippen LogP contribution < -0.4 is 11.1 Å². The third-order valence-electron chi connectivity index (χ3n) is 3.98. The second kappa shape index (κ2) is 4.88. The molecule has 7 heteroatoms. The number of fused-ring (bicyclic) bond motifs is 2. The maximum Gasteiger partial charge on any atom is 0.179 e. The molecule has 1 aromatic rings. The lowest BCUT2D eigenvalue weighted by molar-refractivity contribution is 0.0737. The first kappa shape index (κ1) is 14.2. The van der Waals surface area contributed by atoms with Gasteiger partial charge in [0, 0.05) is 11.4 Å². The van der Waals surface area contributed by atoms with E-state index in [1.54, 1.807) is 0 Å². The van der Waals surface area contributed by atoms with Crippen LogP contribution in [-0.4, -0.2) is 33.6 Å². The van der Waals surface area contributed by atoms with E-state index in [4.69, 9.17) is 10.8 Å². The normalized spacial score (nSPS) is 23.3. The highest BCUT2D eigenvalue weighted by atomic mass is 16.3. The van der Waals surface area contributed by atoms with Gasteiger partial charge < -0.3 is 26.4 Å². The van der Waals surface area contributed by atoms with Crippen LogP contribution in [0, 0.1) is 11.8 Å². The molecule has 3 rings (SSSR count). The molecule has 0 heterocycles. The second-order valence-corrected chi connectivity index (χ2v) is 5.16. The van der Waals surface area contributed by atoms with Crippen LogP contribution in [0.15, 0.2) is 35.7 Å². The number of allylic oxidation sites excluding steroid dienone is 4. The number of aliphatic hydroxyl groups excluding tert-OH is 2. The van der Waals surface area contributed by atoms with Gasteiger partial charge in [-0.05, 0) is 24.3 Å². The van der Waals surface area contributed by atoms with Gasteiger partial charge in [-0.3, -0.25) is 9.59 Å². The maximum atomic E-state index is 12.8. The molecule has 0 saturated carbocycles. The van der Waals surface area contributed by atoms with E-state index in [9.17, 15) is 19.8 Å². The van der Waals surface area contributed by atoms with Crippen LogP contribution in [0.2, 0.25) is 0 Å². The van der Waals surface area contributed by atoms with E-state index in [0.29, 0.717) is 5.70 Å². The van der Waals surface area contributed by atoms with Crippen molar-refractivity contribution in [1.29, 1.82) is 0 Å². The predicted molar refractivity (Wildman–Crippen MR) is 77.2 cm³/mol. The van der Waals surface area contributed by atoms with Crippen LogP contribution in [-0.2, 0) is 0 Å². The number of anilines is 1. The minimum atomic E-state index is -1.13. The Bertz CT molecular complexity index is 751. The summed E-state index contributed by atoms with van der Waals surface area (Å²) in [5.41, 5.74) is 5.97. The molecule has 0 spiro atoms. The molecule has 7 nitrogen and oxygen atoms in total. The fourth-order valence-electron chi connectivity index (χ4n) is 3.00. The van der Waals surface area contributed by atoms with E-state index in [2.05, 4.69) is 5.32 Å². The number of rotatable bonds is 2. The Hall–Kier alpha value is -2.80. The lowest BCUT2D eigenvalue weighted by Gasteiger charge is -2.34. The van der Waals surface area contributed by atoms with Gasteiger partial charge in [-0.15, -0.1) is 0 Å². The largest absolute Gasteiger partial charge is 0.512 e. The van der Waals surface area contributed by atoms with E-state index in [1.807, 2.05) is 0 Å². The molecule has 114 valence electrons. The van der Waals surface area contributed by atoms with Gasteiger partial charge in [0.05, 0.1) is 23.0 Å². The lowest BCUT2D eigenvalue weighted by atomic mass is 9.69. The molecule has 2 aliphatic carbocycles. The first-order valence-electron chi connectivity index (χ1n) is 6.62. The Kier molecular flexibility index (Phi) is 3.14. The monoisotopic (exact) mass is 302 g/mol. The lowest BCUT2D eigenvalue weighted by Crippen LogP contribution is -2.43. The summed E-state index contributed by atoms with van der Waals surface area (Å²) in [6.07, 6.45) is 2.72. The number of carbonyl (C=O) groups excluding carboxylic acids is 2. The molecule has 0 amide bonds. The van der Waals surface area contributed by atoms with Crippen LogP contribution in [0.25, 0.3) is 0 Å². The van der Waals surface area contributed by atoms with E-state index in [1.165, 1.54) is 24.3 Å². The number of phenols is 1. The summed E-state index contributed by atoms with van der Waals surface area (Å²) in [6, 6.07) is 2.59. The van der Waals surface area contributed by atoms with Crippen molar-refractivity contribution in [2.75, 3.05) is 12.5 Å². The molecule has 0 aliphatic heterocycles. The molecule has 2 atom stereocenters. The first-order chi connectivity index (χ1) is 10.5. The summed E-state index contributed by atoms with van der Waals surface area (Å²) in [4.78, 5) is 25.4. The van der Waals surface area contributed by atoms with Crippen LogP contribution in [0.3, 0.4) is 0 Å². The third-order valence-corrected chi connectivity index (χ3v) is 3.98. The van der Waals surface area contributed by atoms with Crippen molar-refractivity contribution in [2.45, 2.75) is 0 Å². The Morgan fingerprint density at radius 1 is 1.05 bits per heavy atom. The average molecular weight is 302 g/mol. The number of hydrogen-bond donors (Lipinski definition) is 5. The molecule has 0 saturated heterocycles. The van der Waals surface area contributed by atoms with Crippen molar-refractivity contribution in [3.63, 3.8) is 0 Å². The summed E-state index contributed by atoms with van der Waals surface area (Å²) < 4.78 is 0. The van der Waals surface area contributed by atoms with Crippen molar-refractivity contribution in [1.82, 2.24) is 5.32 Å². The van der Waals surface area contributed by atoms with Crippen LogP contribution in [0.1, 0.15) is 20.7 Å². The molecule has 1 aromatic carbocycles. The van der Waals surface area contributed by atoms with E-state index in [0.717, 1.165) is 0 Å². The highest BCUT2D eigenvalue weighted by Crippen LogP contribution is 2.43. The first-order valence-corrected chi connectivity index (χ1v) is 6.62. The van der Waals surface area contributed by atoms with Gasteiger partial charge in [-0.2, -0.15) is 0 Å². The molecular formula is C15H14N2O5. The van der Waals surface area contributed by atoms with Gasteiger partial charge in [-0.1, -0.05) is 0 Å². The fourth-order valence-corrected chi connectivity index (χ4v) is 3.00. The van der Waals surface area contributed by atoms with Gasteiger partial charge >= 0.3 is 0 Å². The third kappa shape index (κ3) is 1.79. The molecule has 2 unspecified atom stereocenters. The van der Waals surface area contributed by atoms with Crippen LogP contribution >= 0.6 is 0 Å². The number of nitrogen functional groups attached to an aromatic ring is 1.